The smallest absolute Gasteiger partial charge is 0.194 e. The molecule has 0 spiro atoms. The molecule has 0 amide bonds. The SMILES string of the molecule is CCc1nc(C)c(CN2CCc3c([nH]c4ccccc34)C2)o1. The summed E-state index contributed by atoms with van der Waals surface area (Å²) in [6.45, 7) is 6.97. The fourth-order valence-corrected chi connectivity index (χ4v) is 3.37. The summed E-state index contributed by atoms with van der Waals surface area (Å²) in [6, 6.07) is 8.58. The predicted octanol–water partition coefficient (Wildman–Crippen LogP) is 3.59. The number of rotatable bonds is 3. The Kier molecular flexibility index (Phi) is 3.26. The zero-order chi connectivity index (χ0) is 15.1. The molecular weight excluding hydrogens is 274 g/mol. The van der Waals surface area contributed by atoms with E-state index in [-0.39, 0.29) is 0 Å². The zero-order valence-corrected chi connectivity index (χ0v) is 13.1. The van der Waals surface area contributed by atoms with E-state index in [1.807, 2.05) is 6.92 Å². The number of aromatic amines is 1. The van der Waals surface area contributed by atoms with Crippen molar-refractivity contribution in [1.29, 1.82) is 0 Å². The van der Waals surface area contributed by atoms with Gasteiger partial charge in [-0.2, -0.15) is 0 Å². The first-order valence-corrected chi connectivity index (χ1v) is 8.00. The highest BCUT2D eigenvalue weighted by Crippen LogP contribution is 2.28. The van der Waals surface area contributed by atoms with Gasteiger partial charge in [-0.15, -0.1) is 0 Å². The number of hydrogen-bond donors (Lipinski definition) is 1. The minimum atomic E-state index is 0.841. The third-order valence-corrected chi connectivity index (χ3v) is 4.57. The largest absolute Gasteiger partial charge is 0.444 e. The quantitative estimate of drug-likeness (QED) is 0.803. The molecule has 0 unspecified atom stereocenters. The summed E-state index contributed by atoms with van der Waals surface area (Å²) in [5, 5.41) is 1.38. The number of H-pyrrole nitrogens is 1. The van der Waals surface area contributed by atoms with Crippen molar-refractivity contribution in [3.8, 4) is 0 Å². The maximum atomic E-state index is 5.85. The van der Waals surface area contributed by atoms with E-state index < -0.39 is 0 Å². The highest BCUT2D eigenvalue weighted by atomic mass is 16.4. The lowest BCUT2D eigenvalue weighted by Crippen LogP contribution is -2.29. The Morgan fingerprint density at radius 1 is 1.32 bits per heavy atom. The lowest BCUT2D eigenvalue weighted by Gasteiger charge is -2.26. The van der Waals surface area contributed by atoms with Gasteiger partial charge in [0.1, 0.15) is 5.76 Å². The zero-order valence-electron chi connectivity index (χ0n) is 13.1. The molecule has 1 aliphatic heterocycles. The van der Waals surface area contributed by atoms with Crippen molar-refractivity contribution in [3.05, 3.63) is 52.9 Å². The topological polar surface area (TPSA) is 45.1 Å². The van der Waals surface area contributed by atoms with E-state index in [0.717, 1.165) is 49.8 Å². The van der Waals surface area contributed by atoms with Crippen molar-refractivity contribution in [2.45, 2.75) is 39.8 Å². The van der Waals surface area contributed by atoms with Crippen LogP contribution in [0.15, 0.2) is 28.7 Å². The summed E-state index contributed by atoms with van der Waals surface area (Å²) < 4.78 is 5.85. The molecule has 0 fully saturated rings. The molecule has 4 heteroatoms. The Hall–Kier alpha value is -2.07. The first kappa shape index (κ1) is 13.6. The normalized spacial score (nSPS) is 15.4. The number of aromatic nitrogens is 2. The van der Waals surface area contributed by atoms with Gasteiger partial charge in [-0.1, -0.05) is 25.1 Å². The van der Waals surface area contributed by atoms with E-state index in [9.17, 15) is 0 Å². The third kappa shape index (κ3) is 2.24. The molecule has 0 bridgehead atoms. The van der Waals surface area contributed by atoms with E-state index in [1.165, 1.54) is 22.2 Å². The van der Waals surface area contributed by atoms with Crippen LogP contribution in [0, 0.1) is 6.92 Å². The second kappa shape index (κ2) is 5.29. The third-order valence-electron chi connectivity index (χ3n) is 4.57. The van der Waals surface area contributed by atoms with Crippen molar-refractivity contribution in [1.82, 2.24) is 14.9 Å². The molecule has 0 aliphatic carbocycles. The van der Waals surface area contributed by atoms with Crippen LogP contribution in [0.4, 0.5) is 0 Å². The second-order valence-corrected chi connectivity index (χ2v) is 6.06. The van der Waals surface area contributed by atoms with Crippen LogP contribution in [0.3, 0.4) is 0 Å². The van der Waals surface area contributed by atoms with E-state index in [0.29, 0.717) is 0 Å². The summed E-state index contributed by atoms with van der Waals surface area (Å²) >= 11 is 0. The summed E-state index contributed by atoms with van der Waals surface area (Å²) in [5.74, 6) is 1.85. The number of nitrogens with one attached hydrogen (secondary N) is 1. The van der Waals surface area contributed by atoms with Gasteiger partial charge in [-0.25, -0.2) is 4.98 Å². The molecule has 0 saturated carbocycles. The van der Waals surface area contributed by atoms with Crippen LogP contribution in [-0.4, -0.2) is 21.4 Å². The number of oxazole rings is 1. The first-order chi connectivity index (χ1) is 10.7. The van der Waals surface area contributed by atoms with Gasteiger partial charge in [0.2, 0.25) is 0 Å². The van der Waals surface area contributed by atoms with E-state index >= 15 is 0 Å². The lowest BCUT2D eigenvalue weighted by atomic mass is 10.0. The molecule has 4 rings (SSSR count). The van der Waals surface area contributed by atoms with E-state index in [4.69, 9.17) is 4.42 Å². The fourth-order valence-electron chi connectivity index (χ4n) is 3.37. The van der Waals surface area contributed by atoms with Crippen molar-refractivity contribution in [3.63, 3.8) is 0 Å². The minimum Gasteiger partial charge on any atom is -0.444 e. The molecule has 1 aliphatic rings. The Bertz CT molecular complexity index is 815. The Labute approximate surface area is 130 Å². The van der Waals surface area contributed by atoms with Gasteiger partial charge in [0, 0.05) is 36.1 Å². The number of fused-ring (bicyclic) bond motifs is 3. The summed E-state index contributed by atoms with van der Waals surface area (Å²) in [4.78, 5) is 10.5. The van der Waals surface area contributed by atoms with Crippen LogP contribution in [0.5, 0.6) is 0 Å². The van der Waals surface area contributed by atoms with Crippen LogP contribution >= 0.6 is 0 Å². The van der Waals surface area contributed by atoms with Gasteiger partial charge < -0.3 is 9.40 Å². The van der Waals surface area contributed by atoms with Crippen molar-refractivity contribution < 1.29 is 4.42 Å². The molecule has 1 N–H and O–H groups in total. The van der Waals surface area contributed by atoms with Crippen LogP contribution in [-0.2, 0) is 25.9 Å². The summed E-state index contributed by atoms with van der Waals surface area (Å²) in [5.41, 5.74) is 5.11. The van der Waals surface area contributed by atoms with Crippen LogP contribution in [0.1, 0.15) is 35.5 Å². The van der Waals surface area contributed by atoms with Gasteiger partial charge in [-0.05, 0) is 25.0 Å². The van der Waals surface area contributed by atoms with Gasteiger partial charge in [0.25, 0.3) is 0 Å². The molecule has 0 saturated heterocycles. The molecule has 3 heterocycles. The molecule has 22 heavy (non-hydrogen) atoms. The number of nitrogens with zero attached hydrogens (tertiary/aromatic N) is 2. The van der Waals surface area contributed by atoms with Gasteiger partial charge >= 0.3 is 0 Å². The summed E-state index contributed by atoms with van der Waals surface area (Å²) in [6.07, 6.45) is 1.94. The average molecular weight is 295 g/mol. The van der Waals surface area contributed by atoms with E-state index in [2.05, 4.69) is 46.1 Å². The monoisotopic (exact) mass is 295 g/mol. The molecule has 3 aromatic rings. The maximum absolute atomic E-state index is 5.85. The Morgan fingerprint density at radius 2 is 2.18 bits per heavy atom. The molecule has 114 valence electrons. The van der Waals surface area contributed by atoms with Gasteiger partial charge in [0.15, 0.2) is 5.89 Å². The van der Waals surface area contributed by atoms with Crippen LogP contribution < -0.4 is 0 Å². The Morgan fingerprint density at radius 3 is 3.00 bits per heavy atom. The van der Waals surface area contributed by atoms with Gasteiger partial charge in [0.05, 0.1) is 12.2 Å². The fraction of sp³-hybridized carbons (Fsp3) is 0.389. The molecule has 0 atom stereocenters. The molecular formula is C18H21N3O. The van der Waals surface area contributed by atoms with E-state index in [1.54, 1.807) is 0 Å². The second-order valence-electron chi connectivity index (χ2n) is 6.06. The molecule has 2 aromatic heterocycles. The maximum Gasteiger partial charge on any atom is 0.194 e. The standard InChI is InChI=1S/C18H21N3O/c1-3-18-19-12(2)17(22-18)11-21-9-8-14-13-6-4-5-7-15(13)20-16(14)10-21/h4-7,20H,3,8-11H2,1-2H3. The Balaban J connectivity index is 1.57. The number of para-hydroxylation sites is 1. The van der Waals surface area contributed by atoms with Crippen molar-refractivity contribution in [2.75, 3.05) is 6.54 Å². The summed E-state index contributed by atoms with van der Waals surface area (Å²) in [7, 11) is 0. The first-order valence-electron chi connectivity index (χ1n) is 8.00. The lowest BCUT2D eigenvalue weighted by molar-refractivity contribution is 0.221. The number of aryl methyl sites for hydroxylation is 2. The average Bonchev–Trinajstić information content (AvgIpc) is 3.07. The highest BCUT2D eigenvalue weighted by molar-refractivity contribution is 5.84. The highest BCUT2D eigenvalue weighted by Gasteiger charge is 2.22. The molecule has 1 aromatic carbocycles. The minimum absolute atomic E-state index is 0.841. The number of hydrogen-bond acceptors (Lipinski definition) is 3. The molecule has 4 nitrogen and oxygen atoms in total. The van der Waals surface area contributed by atoms with Crippen LogP contribution in [0.2, 0.25) is 0 Å². The van der Waals surface area contributed by atoms with Crippen molar-refractivity contribution in [2.24, 2.45) is 0 Å². The molecule has 0 radical (unpaired) electrons. The van der Waals surface area contributed by atoms with Gasteiger partial charge in [-0.3, -0.25) is 4.90 Å². The predicted molar refractivity (Wildman–Crippen MR) is 86.7 cm³/mol. The number of benzene rings is 1. The van der Waals surface area contributed by atoms with Crippen LogP contribution in [0.25, 0.3) is 10.9 Å². The van der Waals surface area contributed by atoms with Crippen molar-refractivity contribution >= 4 is 10.9 Å².